The van der Waals surface area contributed by atoms with Gasteiger partial charge in [0.25, 0.3) is 0 Å². The summed E-state index contributed by atoms with van der Waals surface area (Å²) in [5.74, 6) is -0.622. The maximum atomic E-state index is 13.4. The lowest BCUT2D eigenvalue weighted by atomic mass is 10.2. The Bertz CT molecular complexity index is 983. The third-order valence-electron chi connectivity index (χ3n) is 3.38. The van der Waals surface area contributed by atoms with Crippen LogP contribution in [0.5, 0.6) is 0 Å². The van der Waals surface area contributed by atoms with Gasteiger partial charge < -0.3 is 0 Å². The van der Waals surface area contributed by atoms with Gasteiger partial charge in [0.1, 0.15) is 11.5 Å². The first-order valence-electron chi connectivity index (χ1n) is 7.13. The highest BCUT2D eigenvalue weighted by molar-refractivity contribution is 9.10. The minimum Gasteiger partial charge on any atom is -0.295 e. The second-order valence-electron chi connectivity index (χ2n) is 5.15. The van der Waals surface area contributed by atoms with E-state index in [0.717, 1.165) is 4.57 Å². The van der Waals surface area contributed by atoms with Gasteiger partial charge in [0.2, 0.25) is 5.82 Å². The van der Waals surface area contributed by atoms with Crippen LogP contribution in [-0.2, 0) is 17.2 Å². The Morgan fingerprint density at radius 2 is 2.12 bits per heavy atom. The molecule has 11 heteroatoms. The fraction of sp³-hybridized carbons (Fsp3) is 0.286. The average Bonchev–Trinajstić information content (AvgIpc) is 3.16. The molecule has 0 bridgehead atoms. The van der Waals surface area contributed by atoms with Crippen LogP contribution in [0.1, 0.15) is 12.1 Å². The van der Waals surface area contributed by atoms with Crippen molar-refractivity contribution in [1.82, 2.24) is 20.0 Å². The third-order valence-corrected chi connectivity index (χ3v) is 4.85. The zero-order valence-electron chi connectivity index (χ0n) is 12.9. The first kappa shape index (κ1) is 17.7. The third kappa shape index (κ3) is 3.76. The quantitative estimate of drug-likeness (QED) is 0.589. The second kappa shape index (κ2) is 7.40. The molecule has 1 atom stereocenters. The van der Waals surface area contributed by atoms with Gasteiger partial charge in [-0.15, -0.1) is 0 Å². The molecule has 1 unspecified atom stereocenters. The highest BCUT2D eigenvalue weighted by Gasteiger charge is 2.22. The SMILES string of the molecule is CS(=O)CCCc1nonc1-c1noc(=O)n1-c1ccc(F)c(Br)c1. The lowest BCUT2D eigenvalue weighted by Gasteiger charge is -2.04. The Morgan fingerprint density at radius 1 is 1.32 bits per heavy atom. The molecule has 3 rings (SSSR count). The maximum Gasteiger partial charge on any atom is 0.446 e. The predicted molar refractivity (Wildman–Crippen MR) is 90.3 cm³/mol. The molecule has 1 aromatic carbocycles. The van der Waals surface area contributed by atoms with Crippen LogP contribution in [0.4, 0.5) is 4.39 Å². The lowest BCUT2D eigenvalue weighted by Crippen LogP contribution is -2.14. The van der Waals surface area contributed by atoms with Crippen LogP contribution in [0.2, 0.25) is 0 Å². The molecule has 0 fully saturated rings. The summed E-state index contributed by atoms with van der Waals surface area (Å²) in [6.07, 6.45) is 2.67. The molecule has 2 aromatic heterocycles. The second-order valence-corrected chi connectivity index (χ2v) is 7.56. The van der Waals surface area contributed by atoms with Gasteiger partial charge >= 0.3 is 5.76 Å². The molecular weight excluding hydrogens is 419 g/mol. The molecule has 0 aliphatic carbocycles. The van der Waals surface area contributed by atoms with Crippen LogP contribution in [0.15, 0.2) is 36.6 Å². The monoisotopic (exact) mass is 430 g/mol. The number of halogens is 2. The summed E-state index contributed by atoms with van der Waals surface area (Å²) in [6, 6.07) is 4.04. The number of hydrogen-bond acceptors (Lipinski definition) is 7. The standard InChI is InChI=1S/C14H12BrFN4O4S/c1-25(22)6-2-3-11-12(18-24-17-11)13-19-23-14(21)20(13)8-4-5-10(16)9(15)7-8/h4-5,7H,2-3,6H2,1H3. The summed E-state index contributed by atoms with van der Waals surface area (Å²) >= 11 is 3.07. The average molecular weight is 431 g/mol. The van der Waals surface area contributed by atoms with Crippen LogP contribution >= 0.6 is 15.9 Å². The molecule has 0 saturated carbocycles. The van der Waals surface area contributed by atoms with Gasteiger partial charge in [-0.05, 0) is 52.1 Å². The van der Waals surface area contributed by atoms with Gasteiger partial charge in [-0.2, -0.15) is 0 Å². The van der Waals surface area contributed by atoms with Gasteiger partial charge in [-0.3, -0.25) is 8.73 Å². The lowest BCUT2D eigenvalue weighted by molar-refractivity contribution is 0.304. The van der Waals surface area contributed by atoms with Crippen LogP contribution in [-0.4, -0.2) is 36.3 Å². The van der Waals surface area contributed by atoms with Crippen molar-refractivity contribution < 1.29 is 17.8 Å². The van der Waals surface area contributed by atoms with Crippen LogP contribution < -0.4 is 5.76 Å². The Hall–Kier alpha value is -2.14. The topological polar surface area (TPSA) is 104 Å². The minimum absolute atomic E-state index is 0.0948. The Balaban J connectivity index is 2.00. The zero-order chi connectivity index (χ0) is 18.0. The molecule has 8 nitrogen and oxygen atoms in total. The van der Waals surface area contributed by atoms with Gasteiger partial charge in [0.05, 0.1) is 10.2 Å². The van der Waals surface area contributed by atoms with E-state index in [2.05, 4.69) is 31.4 Å². The van der Waals surface area contributed by atoms with E-state index in [9.17, 15) is 13.4 Å². The van der Waals surface area contributed by atoms with Gasteiger partial charge in [0.15, 0.2) is 5.69 Å². The summed E-state index contributed by atoms with van der Waals surface area (Å²) in [4.78, 5) is 12.1. The number of aromatic nitrogens is 4. The zero-order valence-corrected chi connectivity index (χ0v) is 15.3. The van der Waals surface area contributed by atoms with Crippen LogP contribution in [0, 0.1) is 5.82 Å². The molecule has 0 aliphatic rings. The highest BCUT2D eigenvalue weighted by atomic mass is 79.9. The van der Waals surface area contributed by atoms with E-state index >= 15 is 0 Å². The van der Waals surface area contributed by atoms with Gasteiger partial charge in [-0.1, -0.05) is 10.3 Å². The first-order valence-corrected chi connectivity index (χ1v) is 9.65. The molecule has 0 spiro atoms. The van der Waals surface area contributed by atoms with E-state index in [1.807, 2.05) is 0 Å². The fourth-order valence-electron chi connectivity index (χ4n) is 2.23. The Morgan fingerprint density at radius 3 is 2.84 bits per heavy atom. The van der Waals surface area contributed by atoms with E-state index in [0.29, 0.717) is 30.0 Å². The number of rotatable bonds is 6. The number of aryl methyl sites for hydroxylation is 1. The fourth-order valence-corrected chi connectivity index (χ4v) is 3.15. The molecule has 0 saturated heterocycles. The van der Waals surface area contributed by atoms with E-state index in [1.165, 1.54) is 18.2 Å². The van der Waals surface area contributed by atoms with Crippen molar-refractivity contribution in [1.29, 1.82) is 0 Å². The van der Waals surface area contributed by atoms with E-state index in [1.54, 1.807) is 6.26 Å². The van der Waals surface area contributed by atoms with Crippen molar-refractivity contribution in [3.05, 3.63) is 44.7 Å². The number of benzene rings is 1. The minimum atomic E-state index is -0.922. The Kier molecular flexibility index (Phi) is 5.23. The molecule has 0 radical (unpaired) electrons. The molecular formula is C14H12BrFN4O4S. The first-order chi connectivity index (χ1) is 12.0. The maximum absolute atomic E-state index is 13.4. The van der Waals surface area contributed by atoms with Crippen LogP contribution in [0.25, 0.3) is 17.2 Å². The summed E-state index contributed by atoms with van der Waals surface area (Å²) in [6.45, 7) is 0. The summed E-state index contributed by atoms with van der Waals surface area (Å²) in [7, 11) is -0.922. The van der Waals surface area contributed by atoms with E-state index < -0.39 is 22.4 Å². The van der Waals surface area contributed by atoms with E-state index in [4.69, 9.17) is 9.15 Å². The highest BCUT2D eigenvalue weighted by Crippen LogP contribution is 2.24. The molecule has 0 aliphatic heterocycles. The molecule has 0 amide bonds. The normalized spacial score (nSPS) is 12.4. The van der Waals surface area contributed by atoms with Crippen molar-refractivity contribution in [3.8, 4) is 17.2 Å². The van der Waals surface area contributed by atoms with Crippen molar-refractivity contribution in [2.24, 2.45) is 0 Å². The summed E-state index contributed by atoms with van der Waals surface area (Å²) < 4.78 is 35.4. The summed E-state index contributed by atoms with van der Waals surface area (Å²) in [5, 5.41) is 11.3. The predicted octanol–water partition coefficient (Wildman–Crippen LogP) is 2.09. The largest absolute Gasteiger partial charge is 0.446 e. The molecule has 2 heterocycles. The van der Waals surface area contributed by atoms with Gasteiger partial charge in [-0.25, -0.2) is 18.4 Å². The number of hydrogen-bond donors (Lipinski definition) is 0. The van der Waals surface area contributed by atoms with E-state index in [-0.39, 0.29) is 16.0 Å². The molecule has 3 aromatic rings. The van der Waals surface area contributed by atoms with Gasteiger partial charge in [0, 0.05) is 22.8 Å². The Labute approximate surface area is 151 Å². The van der Waals surface area contributed by atoms with Crippen LogP contribution in [0.3, 0.4) is 0 Å². The van der Waals surface area contributed by atoms with Crippen molar-refractivity contribution in [2.45, 2.75) is 12.8 Å². The molecule has 0 N–H and O–H groups in total. The van der Waals surface area contributed by atoms with Crippen molar-refractivity contribution in [3.63, 3.8) is 0 Å². The van der Waals surface area contributed by atoms with Crippen molar-refractivity contribution >= 4 is 26.7 Å². The smallest absolute Gasteiger partial charge is 0.295 e. The van der Waals surface area contributed by atoms with Crippen molar-refractivity contribution in [2.75, 3.05) is 12.0 Å². The molecule has 25 heavy (non-hydrogen) atoms. The molecule has 132 valence electrons. The number of nitrogens with zero attached hydrogens (tertiary/aromatic N) is 4. The summed E-state index contributed by atoms with van der Waals surface area (Å²) in [5.41, 5.74) is 1.06.